The van der Waals surface area contributed by atoms with E-state index in [1.54, 1.807) is 0 Å². The van der Waals surface area contributed by atoms with Gasteiger partial charge in [0, 0.05) is 11.1 Å². The van der Waals surface area contributed by atoms with E-state index in [4.69, 9.17) is 0 Å². The van der Waals surface area contributed by atoms with Gasteiger partial charge >= 0.3 is 0 Å². The summed E-state index contributed by atoms with van der Waals surface area (Å²) in [5.41, 5.74) is 4.07. The Morgan fingerprint density at radius 2 is 1.85 bits per heavy atom. The van der Waals surface area contributed by atoms with Gasteiger partial charge in [-0.25, -0.2) is 9.97 Å². The molecule has 134 valence electrons. The predicted octanol–water partition coefficient (Wildman–Crippen LogP) is 5.10. The standard InChI is InChI=1S/C21H23N3OS/c1-13(2)16-10-7-8-14(3)20(16)24-19(25)12-26-21-17-9-5-6-11-18(17)22-15(4)23-21/h5-11,13H,12H2,1-4H3,(H,24,25). The number of nitrogens with zero attached hydrogens (tertiary/aromatic N) is 2. The zero-order valence-corrected chi connectivity index (χ0v) is 16.4. The van der Waals surface area contributed by atoms with Crippen LogP contribution >= 0.6 is 11.8 Å². The lowest BCUT2D eigenvalue weighted by molar-refractivity contribution is -0.113. The molecule has 0 aliphatic rings. The fraction of sp³-hybridized carbons (Fsp3) is 0.286. The highest BCUT2D eigenvalue weighted by Crippen LogP contribution is 2.29. The van der Waals surface area contributed by atoms with Crippen molar-refractivity contribution in [3.05, 3.63) is 59.4 Å². The maximum absolute atomic E-state index is 12.6. The van der Waals surface area contributed by atoms with E-state index in [0.29, 0.717) is 17.5 Å². The molecular weight excluding hydrogens is 342 g/mol. The van der Waals surface area contributed by atoms with Crippen LogP contribution in [0.1, 0.15) is 36.7 Å². The summed E-state index contributed by atoms with van der Waals surface area (Å²) in [4.78, 5) is 21.5. The van der Waals surface area contributed by atoms with Gasteiger partial charge in [0.05, 0.1) is 11.3 Å². The molecule has 0 atom stereocenters. The van der Waals surface area contributed by atoms with Gasteiger partial charge in [-0.1, -0.05) is 62.0 Å². The number of hydrogen-bond donors (Lipinski definition) is 1. The molecule has 0 spiro atoms. The number of thioether (sulfide) groups is 1. The molecule has 1 N–H and O–H groups in total. The SMILES string of the molecule is Cc1nc(SCC(=O)Nc2c(C)cccc2C(C)C)c2ccccc2n1. The van der Waals surface area contributed by atoms with Gasteiger partial charge in [0.1, 0.15) is 10.9 Å². The molecule has 0 unspecified atom stereocenters. The van der Waals surface area contributed by atoms with Gasteiger partial charge in [-0.2, -0.15) is 0 Å². The van der Waals surface area contributed by atoms with E-state index >= 15 is 0 Å². The Morgan fingerprint density at radius 1 is 1.08 bits per heavy atom. The Labute approximate surface area is 158 Å². The van der Waals surface area contributed by atoms with Crippen molar-refractivity contribution in [1.29, 1.82) is 0 Å². The van der Waals surface area contributed by atoms with E-state index in [2.05, 4.69) is 35.2 Å². The van der Waals surface area contributed by atoms with Gasteiger partial charge in [0.2, 0.25) is 5.91 Å². The van der Waals surface area contributed by atoms with Gasteiger partial charge < -0.3 is 5.32 Å². The average Bonchev–Trinajstić information content (AvgIpc) is 2.61. The second-order valence-corrected chi connectivity index (χ2v) is 7.59. The highest BCUT2D eigenvalue weighted by atomic mass is 32.2. The topological polar surface area (TPSA) is 54.9 Å². The third-order valence-corrected chi connectivity index (χ3v) is 5.20. The number of carbonyl (C=O) groups excluding carboxylic acids is 1. The van der Waals surface area contributed by atoms with Crippen molar-refractivity contribution in [3.8, 4) is 0 Å². The third-order valence-electron chi connectivity index (χ3n) is 4.21. The molecule has 0 radical (unpaired) electrons. The zero-order chi connectivity index (χ0) is 18.7. The number of rotatable bonds is 5. The molecule has 1 aromatic heterocycles. The molecule has 0 saturated carbocycles. The first-order valence-corrected chi connectivity index (χ1v) is 9.70. The van der Waals surface area contributed by atoms with Gasteiger partial charge in [-0.05, 0) is 37.0 Å². The normalized spacial score (nSPS) is 11.1. The highest BCUT2D eigenvalue weighted by molar-refractivity contribution is 8.00. The van der Waals surface area contributed by atoms with Crippen molar-refractivity contribution in [1.82, 2.24) is 9.97 Å². The molecule has 0 fully saturated rings. The summed E-state index contributed by atoms with van der Waals surface area (Å²) in [6.07, 6.45) is 0. The van der Waals surface area contributed by atoms with Crippen LogP contribution < -0.4 is 5.32 Å². The van der Waals surface area contributed by atoms with E-state index in [-0.39, 0.29) is 5.91 Å². The summed E-state index contributed by atoms with van der Waals surface area (Å²) in [5, 5.41) is 4.92. The quantitative estimate of drug-likeness (QED) is 0.505. The Hall–Kier alpha value is -2.40. The van der Waals surface area contributed by atoms with Gasteiger partial charge in [0.15, 0.2) is 0 Å². The van der Waals surface area contributed by atoms with E-state index in [0.717, 1.165) is 32.7 Å². The van der Waals surface area contributed by atoms with Crippen LogP contribution in [0.2, 0.25) is 0 Å². The van der Waals surface area contributed by atoms with E-state index in [9.17, 15) is 4.79 Å². The smallest absolute Gasteiger partial charge is 0.234 e. The molecule has 3 aromatic rings. The lowest BCUT2D eigenvalue weighted by atomic mass is 9.98. The fourth-order valence-electron chi connectivity index (χ4n) is 2.92. The van der Waals surface area contributed by atoms with Crippen molar-refractivity contribution in [2.75, 3.05) is 11.1 Å². The molecule has 0 bridgehead atoms. The molecule has 4 nitrogen and oxygen atoms in total. The molecule has 3 rings (SSSR count). The van der Waals surface area contributed by atoms with Crippen molar-refractivity contribution in [3.63, 3.8) is 0 Å². The van der Waals surface area contributed by atoms with Crippen LogP contribution in [0.25, 0.3) is 10.9 Å². The van der Waals surface area contributed by atoms with E-state index < -0.39 is 0 Å². The average molecular weight is 366 g/mol. The van der Waals surface area contributed by atoms with Crippen LogP contribution in [0.3, 0.4) is 0 Å². The lowest BCUT2D eigenvalue weighted by Crippen LogP contribution is -2.16. The molecule has 0 saturated heterocycles. The van der Waals surface area contributed by atoms with Gasteiger partial charge in [-0.15, -0.1) is 0 Å². The Bertz CT molecular complexity index is 953. The monoisotopic (exact) mass is 365 g/mol. The number of hydrogen-bond acceptors (Lipinski definition) is 4. The maximum atomic E-state index is 12.6. The number of para-hydroxylation sites is 2. The van der Waals surface area contributed by atoms with Crippen molar-refractivity contribution >= 4 is 34.3 Å². The minimum atomic E-state index is -0.0217. The van der Waals surface area contributed by atoms with Crippen molar-refractivity contribution in [2.24, 2.45) is 0 Å². The molecule has 0 aliphatic heterocycles. The number of aryl methyl sites for hydroxylation is 2. The third kappa shape index (κ3) is 4.05. The number of aromatic nitrogens is 2. The summed E-state index contributed by atoms with van der Waals surface area (Å²) < 4.78 is 0. The summed E-state index contributed by atoms with van der Waals surface area (Å²) in [6, 6.07) is 14.0. The summed E-state index contributed by atoms with van der Waals surface area (Å²) in [6.45, 7) is 8.17. The van der Waals surface area contributed by atoms with Crippen molar-refractivity contribution in [2.45, 2.75) is 38.6 Å². The summed E-state index contributed by atoms with van der Waals surface area (Å²) in [5.74, 6) is 1.36. The highest BCUT2D eigenvalue weighted by Gasteiger charge is 2.13. The lowest BCUT2D eigenvalue weighted by Gasteiger charge is -2.16. The summed E-state index contributed by atoms with van der Waals surface area (Å²) >= 11 is 1.45. The minimum absolute atomic E-state index is 0.0217. The molecule has 1 amide bonds. The number of amides is 1. The van der Waals surface area contributed by atoms with E-state index in [1.807, 2.05) is 50.2 Å². The van der Waals surface area contributed by atoms with Crippen LogP contribution in [-0.2, 0) is 4.79 Å². The van der Waals surface area contributed by atoms with Crippen LogP contribution in [0.5, 0.6) is 0 Å². The zero-order valence-electron chi connectivity index (χ0n) is 15.5. The predicted molar refractivity (Wildman–Crippen MR) is 109 cm³/mol. The molecule has 1 heterocycles. The number of carbonyl (C=O) groups is 1. The van der Waals surface area contributed by atoms with Crippen LogP contribution in [0, 0.1) is 13.8 Å². The van der Waals surface area contributed by atoms with Crippen LogP contribution in [-0.4, -0.2) is 21.6 Å². The number of fused-ring (bicyclic) bond motifs is 1. The second-order valence-electron chi connectivity index (χ2n) is 6.62. The first kappa shape index (κ1) is 18.4. The second kappa shape index (κ2) is 7.87. The maximum Gasteiger partial charge on any atom is 0.234 e. The van der Waals surface area contributed by atoms with Crippen LogP contribution in [0.15, 0.2) is 47.5 Å². The van der Waals surface area contributed by atoms with Gasteiger partial charge in [-0.3, -0.25) is 4.79 Å². The Balaban J connectivity index is 1.77. The van der Waals surface area contributed by atoms with Gasteiger partial charge in [0.25, 0.3) is 0 Å². The largest absolute Gasteiger partial charge is 0.325 e. The fourth-order valence-corrected chi connectivity index (χ4v) is 3.79. The van der Waals surface area contributed by atoms with E-state index in [1.165, 1.54) is 11.8 Å². The number of benzene rings is 2. The molecule has 0 aliphatic carbocycles. The first-order chi connectivity index (χ1) is 12.5. The number of nitrogens with one attached hydrogen (secondary N) is 1. The summed E-state index contributed by atoms with van der Waals surface area (Å²) in [7, 11) is 0. The number of anilines is 1. The molecule has 5 heteroatoms. The molecular formula is C21H23N3OS. The van der Waals surface area contributed by atoms with Crippen molar-refractivity contribution < 1.29 is 4.79 Å². The minimum Gasteiger partial charge on any atom is -0.325 e. The van der Waals surface area contributed by atoms with Crippen LogP contribution in [0.4, 0.5) is 5.69 Å². The first-order valence-electron chi connectivity index (χ1n) is 8.71. The Kier molecular flexibility index (Phi) is 5.57. The molecule has 2 aromatic carbocycles. The Morgan fingerprint density at radius 3 is 2.62 bits per heavy atom. The molecule has 26 heavy (non-hydrogen) atoms.